The van der Waals surface area contributed by atoms with E-state index >= 15 is 0 Å². The van der Waals surface area contributed by atoms with Crippen LogP contribution in [-0.4, -0.2) is 43.8 Å². The molecule has 8 heteroatoms. The summed E-state index contributed by atoms with van der Waals surface area (Å²) in [4.78, 5) is 7.55. The number of hydrogen-bond acceptors (Lipinski definition) is 4. The summed E-state index contributed by atoms with van der Waals surface area (Å²) in [7, 11) is 1.75. The van der Waals surface area contributed by atoms with E-state index in [-0.39, 0.29) is 24.0 Å². The first-order valence-corrected chi connectivity index (χ1v) is 10.1. The number of thiophene rings is 1. The van der Waals surface area contributed by atoms with Gasteiger partial charge in [0.15, 0.2) is 5.96 Å². The Bertz CT molecular complexity index is 720. The number of para-hydroxylation sites is 1. The van der Waals surface area contributed by atoms with E-state index in [0.717, 1.165) is 36.8 Å². The Hall–Kier alpha value is -1.03. The zero-order valence-electron chi connectivity index (χ0n) is 15.3. The smallest absolute Gasteiger partial charge is 0.191 e. The molecule has 1 aliphatic rings. The molecule has 148 valence electrons. The number of nitrogens with one attached hydrogen (secondary N) is 2. The standard InChI is InChI=1S/C19H25ClN4OS.HI/c1-21-19(22-13-16(25)17-7-8-18(20)26-17)23-14-9-11-24(12-10-14)15-5-3-2-4-6-15;/h2-8,14,16,25H,9-13H2,1H3,(H2,21,22,23);1H. The second-order valence-electron chi connectivity index (χ2n) is 6.35. The number of anilines is 1. The van der Waals surface area contributed by atoms with Gasteiger partial charge in [0.05, 0.1) is 4.34 Å². The molecule has 3 N–H and O–H groups in total. The molecular formula is C19H26ClIN4OS. The van der Waals surface area contributed by atoms with Crippen molar-refractivity contribution in [1.29, 1.82) is 0 Å². The molecule has 2 aromatic rings. The fourth-order valence-electron chi connectivity index (χ4n) is 3.11. The number of halogens is 2. The summed E-state index contributed by atoms with van der Waals surface area (Å²) in [6, 6.07) is 14.6. The van der Waals surface area contributed by atoms with Crippen molar-refractivity contribution in [3.8, 4) is 0 Å². The number of aliphatic hydroxyl groups is 1. The van der Waals surface area contributed by atoms with Crippen molar-refractivity contribution in [1.82, 2.24) is 10.6 Å². The number of benzene rings is 1. The Balaban J connectivity index is 0.00000261. The minimum absolute atomic E-state index is 0. The van der Waals surface area contributed by atoms with E-state index in [4.69, 9.17) is 11.6 Å². The third-order valence-corrected chi connectivity index (χ3v) is 5.90. The molecule has 2 heterocycles. The number of hydrogen-bond donors (Lipinski definition) is 3. The topological polar surface area (TPSA) is 59.9 Å². The second-order valence-corrected chi connectivity index (χ2v) is 8.10. The Morgan fingerprint density at radius 1 is 1.26 bits per heavy atom. The van der Waals surface area contributed by atoms with E-state index < -0.39 is 6.10 Å². The second kappa shape index (κ2) is 11.1. The zero-order valence-corrected chi connectivity index (χ0v) is 19.2. The minimum atomic E-state index is -0.592. The molecule has 0 spiro atoms. The molecular weight excluding hydrogens is 495 g/mol. The molecule has 1 atom stereocenters. The minimum Gasteiger partial charge on any atom is -0.386 e. The van der Waals surface area contributed by atoms with Crippen molar-refractivity contribution < 1.29 is 5.11 Å². The monoisotopic (exact) mass is 520 g/mol. The summed E-state index contributed by atoms with van der Waals surface area (Å²) < 4.78 is 0.687. The number of aliphatic hydroxyl groups excluding tert-OH is 1. The third-order valence-electron chi connectivity index (χ3n) is 4.57. The highest BCUT2D eigenvalue weighted by molar-refractivity contribution is 14.0. The van der Waals surface area contributed by atoms with Crippen LogP contribution < -0.4 is 15.5 Å². The molecule has 0 aliphatic carbocycles. The van der Waals surface area contributed by atoms with Crippen LogP contribution in [0.1, 0.15) is 23.8 Å². The maximum Gasteiger partial charge on any atom is 0.191 e. The van der Waals surface area contributed by atoms with Crippen LogP contribution in [0.25, 0.3) is 0 Å². The fraction of sp³-hybridized carbons (Fsp3) is 0.421. The van der Waals surface area contributed by atoms with E-state index in [1.165, 1.54) is 17.0 Å². The van der Waals surface area contributed by atoms with Gasteiger partial charge in [-0.2, -0.15) is 0 Å². The molecule has 1 aromatic carbocycles. The van der Waals surface area contributed by atoms with Crippen LogP contribution in [-0.2, 0) is 0 Å². The van der Waals surface area contributed by atoms with Crippen molar-refractivity contribution in [3.63, 3.8) is 0 Å². The highest BCUT2D eigenvalue weighted by atomic mass is 127. The van der Waals surface area contributed by atoms with E-state index in [9.17, 15) is 5.11 Å². The highest BCUT2D eigenvalue weighted by Gasteiger charge is 2.20. The van der Waals surface area contributed by atoms with Gasteiger partial charge >= 0.3 is 0 Å². The van der Waals surface area contributed by atoms with Crippen LogP contribution in [0.3, 0.4) is 0 Å². The van der Waals surface area contributed by atoms with Gasteiger partial charge in [-0.15, -0.1) is 35.3 Å². The molecule has 1 saturated heterocycles. The van der Waals surface area contributed by atoms with Crippen molar-refractivity contribution >= 4 is 58.6 Å². The van der Waals surface area contributed by atoms with Crippen LogP contribution in [0.5, 0.6) is 0 Å². The van der Waals surface area contributed by atoms with Gasteiger partial charge in [0.1, 0.15) is 6.10 Å². The van der Waals surface area contributed by atoms with Crippen LogP contribution in [0.4, 0.5) is 5.69 Å². The van der Waals surface area contributed by atoms with Gasteiger partial charge in [0, 0.05) is 43.3 Å². The SMILES string of the molecule is CN=C(NCC(O)c1ccc(Cl)s1)NC1CCN(c2ccccc2)CC1.I. The maximum absolute atomic E-state index is 10.2. The van der Waals surface area contributed by atoms with Crippen LogP contribution in [0.15, 0.2) is 47.5 Å². The number of guanidine groups is 1. The Kier molecular flexibility index (Phi) is 9.14. The van der Waals surface area contributed by atoms with Gasteiger partial charge in [-0.3, -0.25) is 4.99 Å². The predicted molar refractivity (Wildman–Crippen MR) is 126 cm³/mol. The zero-order chi connectivity index (χ0) is 18.4. The Morgan fingerprint density at radius 3 is 2.56 bits per heavy atom. The summed E-state index contributed by atoms with van der Waals surface area (Å²) in [6.07, 6.45) is 1.52. The van der Waals surface area contributed by atoms with E-state index in [1.54, 1.807) is 13.1 Å². The molecule has 1 aromatic heterocycles. The summed E-state index contributed by atoms with van der Waals surface area (Å²) in [6.45, 7) is 2.45. The van der Waals surface area contributed by atoms with Crippen LogP contribution >= 0.6 is 46.9 Å². The third kappa shape index (κ3) is 6.51. The number of nitrogens with zero attached hydrogens (tertiary/aromatic N) is 2. The van der Waals surface area contributed by atoms with E-state index in [1.807, 2.05) is 12.1 Å². The molecule has 3 rings (SSSR count). The molecule has 0 radical (unpaired) electrons. The fourth-order valence-corrected chi connectivity index (χ4v) is 4.16. The summed E-state index contributed by atoms with van der Waals surface area (Å²) >= 11 is 7.32. The van der Waals surface area contributed by atoms with Gasteiger partial charge in [-0.1, -0.05) is 29.8 Å². The molecule has 0 bridgehead atoms. The van der Waals surface area contributed by atoms with Crippen LogP contribution in [0.2, 0.25) is 4.34 Å². The quantitative estimate of drug-likeness (QED) is 0.318. The molecule has 0 amide bonds. The van der Waals surface area contributed by atoms with Gasteiger partial charge in [0.2, 0.25) is 0 Å². The van der Waals surface area contributed by atoms with Gasteiger partial charge in [0.25, 0.3) is 0 Å². The predicted octanol–water partition coefficient (Wildman–Crippen LogP) is 3.89. The molecule has 1 aliphatic heterocycles. The Labute approximate surface area is 186 Å². The lowest BCUT2D eigenvalue weighted by Gasteiger charge is -2.34. The summed E-state index contributed by atoms with van der Waals surface area (Å²) in [5.74, 6) is 0.727. The first-order valence-electron chi connectivity index (χ1n) is 8.86. The molecule has 5 nitrogen and oxygen atoms in total. The van der Waals surface area contributed by atoms with Gasteiger partial charge < -0.3 is 20.6 Å². The average molecular weight is 521 g/mol. The molecule has 1 unspecified atom stereocenters. The average Bonchev–Trinajstić information content (AvgIpc) is 3.12. The number of piperidine rings is 1. The molecule has 0 saturated carbocycles. The van der Waals surface area contributed by atoms with Crippen molar-refractivity contribution in [2.75, 3.05) is 31.6 Å². The number of aliphatic imine (C=N–C) groups is 1. The van der Waals surface area contributed by atoms with E-state index in [2.05, 4.69) is 44.8 Å². The molecule has 27 heavy (non-hydrogen) atoms. The normalized spacial score (nSPS) is 16.6. The summed E-state index contributed by atoms with van der Waals surface area (Å²) in [5, 5.41) is 16.9. The first-order chi connectivity index (χ1) is 12.7. The number of rotatable bonds is 5. The maximum atomic E-state index is 10.2. The van der Waals surface area contributed by atoms with Crippen molar-refractivity contribution in [3.05, 3.63) is 51.7 Å². The Morgan fingerprint density at radius 2 is 1.96 bits per heavy atom. The summed E-state index contributed by atoms with van der Waals surface area (Å²) in [5.41, 5.74) is 1.28. The van der Waals surface area contributed by atoms with Gasteiger partial charge in [-0.25, -0.2) is 0 Å². The lowest BCUT2D eigenvalue weighted by atomic mass is 10.0. The van der Waals surface area contributed by atoms with Crippen LogP contribution in [0, 0.1) is 0 Å². The lowest BCUT2D eigenvalue weighted by Crippen LogP contribution is -2.49. The lowest BCUT2D eigenvalue weighted by molar-refractivity contribution is 0.184. The van der Waals surface area contributed by atoms with Crippen molar-refractivity contribution in [2.24, 2.45) is 4.99 Å². The highest BCUT2D eigenvalue weighted by Crippen LogP contribution is 2.26. The van der Waals surface area contributed by atoms with E-state index in [0.29, 0.717) is 16.9 Å². The van der Waals surface area contributed by atoms with Gasteiger partial charge in [-0.05, 0) is 37.1 Å². The molecule has 1 fully saturated rings. The van der Waals surface area contributed by atoms with Crippen molar-refractivity contribution in [2.45, 2.75) is 25.0 Å². The first kappa shape index (κ1) is 22.3. The largest absolute Gasteiger partial charge is 0.386 e.